The average molecular weight is 278 g/mol. The number of H-pyrrole nitrogens is 1. The molecule has 0 aromatic carbocycles. The van der Waals surface area contributed by atoms with Crippen LogP contribution in [0.2, 0.25) is 5.28 Å². The van der Waals surface area contributed by atoms with Gasteiger partial charge in [-0.3, -0.25) is 9.78 Å². The van der Waals surface area contributed by atoms with Crippen molar-refractivity contribution in [1.29, 1.82) is 0 Å². The Kier molecular flexibility index (Phi) is 2.83. The number of aromatic amines is 1. The maximum absolute atomic E-state index is 5.87. The molecule has 3 rings (SSSR count). The number of nitrogens with zero attached hydrogens (tertiary/aromatic N) is 5. The molecule has 0 radical (unpaired) electrons. The molecule has 3 aromatic heterocycles. The Morgan fingerprint density at radius 2 is 2.21 bits per heavy atom. The third-order valence-corrected chi connectivity index (χ3v) is 3.23. The van der Waals surface area contributed by atoms with E-state index in [9.17, 15) is 0 Å². The summed E-state index contributed by atoms with van der Waals surface area (Å²) in [7, 11) is 1.91. The van der Waals surface area contributed by atoms with E-state index in [-0.39, 0.29) is 5.28 Å². The molecule has 0 atom stereocenters. The van der Waals surface area contributed by atoms with Gasteiger partial charge in [0.15, 0.2) is 5.65 Å². The zero-order chi connectivity index (χ0) is 13.4. The Balaban J connectivity index is 1.89. The Morgan fingerprint density at radius 3 is 2.95 bits per heavy atom. The van der Waals surface area contributed by atoms with Gasteiger partial charge in [0.2, 0.25) is 5.28 Å². The molecular formula is C11H12ClN7. The van der Waals surface area contributed by atoms with Crippen LogP contribution in [0.4, 0.5) is 5.82 Å². The number of aromatic nitrogens is 6. The molecule has 8 heteroatoms. The molecule has 98 valence electrons. The van der Waals surface area contributed by atoms with Gasteiger partial charge in [0.05, 0.1) is 17.8 Å². The summed E-state index contributed by atoms with van der Waals surface area (Å²) in [5.41, 5.74) is 2.83. The lowest BCUT2D eigenvalue weighted by molar-refractivity contribution is 0.738. The molecule has 0 aliphatic rings. The van der Waals surface area contributed by atoms with Gasteiger partial charge in [0.25, 0.3) is 0 Å². The summed E-state index contributed by atoms with van der Waals surface area (Å²) < 4.78 is 1.83. The number of fused-ring (bicyclic) bond motifs is 1. The van der Waals surface area contributed by atoms with Crippen molar-refractivity contribution < 1.29 is 0 Å². The number of halogens is 1. The van der Waals surface area contributed by atoms with Crippen LogP contribution in [0.15, 0.2) is 12.4 Å². The van der Waals surface area contributed by atoms with Crippen molar-refractivity contribution in [3.63, 3.8) is 0 Å². The van der Waals surface area contributed by atoms with E-state index in [1.807, 2.05) is 24.9 Å². The third kappa shape index (κ3) is 2.12. The van der Waals surface area contributed by atoms with Crippen molar-refractivity contribution in [1.82, 2.24) is 29.9 Å². The molecule has 3 aromatic rings. The van der Waals surface area contributed by atoms with Gasteiger partial charge in [-0.2, -0.15) is 20.2 Å². The topological polar surface area (TPSA) is 84.3 Å². The first-order valence-corrected chi connectivity index (χ1v) is 6.11. The van der Waals surface area contributed by atoms with Crippen molar-refractivity contribution in [2.75, 3.05) is 5.32 Å². The molecule has 0 fully saturated rings. The fourth-order valence-corrected chi connectivity index (χ4v) is 2.01. The highest BCUT2D eigenvalue weighted by Gasteiger charge is 2.09. The van der Waals surface area contributed by atoms with Gasteiger partial charge in [-0.1, -0.05) is 0 Å². The summed E-state index contributed by atoms with van der Waals surface area (Å²) in [6, 6.07) is 0. The monoisotopic (exact) mass is 277 g/mol. The van der Waals surface area contributed by atoms with Crippen LogP contribution >= 0.6 is 11.6 Å². The first kappa shape index (κ1) is 11.9. The van der Waals surface area contributed by atoms with E-state index in [0.29, 0.717) is 18.0 Å². The van der Waals surface area contributed by atoms with Gasteiger partial charge >= 0.3 is 0 Å². The van der Waals surface area contributed by atoms with Gasteiger partial charge in [-0.15, -0.1) is 0 Å². The van der Waals surface area contributed by atoms with Crippen LogP contribution in [0.5, 0.6) is 0 Å². The molecule has 0 amide bonds. The Morgan fingerprint density at radius 1 is 1.37 bits per heavy atom. The molecule has 0 unspecified atom stereocenters. The smallest absolute Gasteiger partial charge is 0.226 e. The lowest BCUT2D eigenvalue weighted by Gasteiger charge is -2.06. The predicted octanol–water partition coefficient (Wildman–Crippen LogP) is 1.66. The maximum Gasteiger partial charge on any atom is 0.226 e. The number of hydrogen-bond donors (Lipinski definition) is 2. The first-order valence-electron chi connectivity index (χ1n) is 5.73. The number of hydrogen-bond acceptors (Lipinski definition) is 5. The molecular weight excluding hydrogens is 266 g/mol. The van der Waals surface area contributed by atoms with E-state index in [0.717, 1.165) is 16.6 Å². The maximum atomic E-state index is 5.87. The fourth-order valence-electron chi connectivity index (χ4n) is 1.84. The van der Waals surface area contributed by atoms with Crippen molar-refractivity contribution in [2.24, 2.45) is 7.05 Å². The van der Waals surface area contributed by atoms with Crippen molar-refractivity contribution >= 4 is 28.5 Å². The molecule has 0 aliphatic carbocycles. The summed E-state index contributed by atoms with van der Waals surface area (Å²) in [4.78, 5) is 8.23. The summed E-state index contributed by atoms with van der Waals surface area (Å²) in [6.07, 6.45) is 3.50. The van der Waals surface area contributed by atoms with Crippen LogP contribution in [0.3, 0.4) is 0 Å². The van der Waals surface area contributed by atoms with Gasteiger partial charge in [-0.05, 0) is 18.5 Å². The number of aryl methyl sites for hydroxylation is 1. The average Bonchev–Trinajstić information content (AvgIpc) is 2.96. The van der Waals surface area contributed by atoms with Crippen LogP contribution in [0.25, 0.3) is 11.0 Å². The second-order valence-corrected chi connectivity index (χ2v) is 4.54. The molecule has 19 heavy (non-hydrogen) atoms. The highest BCUT2D eigenvalue weighted by Crippen LogP contribution is 2.20. The highest BCUT2D eigenvalue weighted by atomic mass is 35.5. The zero-order valence-corrected chi connectivity index (χ0v) is 11.2. The van der Waals surface area contributed by atoms with E-state index >= 15 is 0 Å². The van der Waals surface area contributed by atoms with Crippen LogP contribution < -0.4 is 5.32 Å². The minimum absolute atomic E-state index is 0.183. The predicted molar refractivity (Wildman–Crippen MR) is 72.0 cm³/mol. The second kappa shape index (κ2) is 4.51. The van der Waals surface area contributed by atoms with Gasteiger partial charge in [-0.25, -0.2) is 0 Å². The summed E-state index contributed by atoms with van der Waals surface area (Å²) >= 11 is 5.87. The lowest BCUT2D eigenvalue weighted by atomic mass is 10.2. The molecule has 0 bridgehead atoms. The third-order valence-electron chi connectivity index (χ3n) is 3.07. The molecule has 7 nitrogen and oxygen atoms in total. The number of nitrogens with one attached hydrogen (secondary N) is 2. The van der Waals surface area contributed by atoms with E-state index in [1.54, 1.807) is 6.20 Å². The molecule has 0 saturated heterocycles. The lowest BCUT2D eigenvalue weighted by Crippen LogP contribution is -2.04. The van der Waals surface area contributed by atoms with Gasteiger partial charge in [0, 0.05) is 24.8 Å². The van der Waals surface area contributed by atoms with Crippen LogP contribution in [0.1, 0.15) is 11.3 Å². The van der Waals surface area contributed by atoms with Crippen LogP contribution in [0, 0.1) is 6.92 Å². The standard InChI is InChI=1S/C11H12ClN7/c1-6-7(4-15-19(6)2)3-13-9-8-5-14-18-10(8)17-11(12)16-9/h4-5H,3H2,1-2H3,(H2,13,14,16,17,18). The summed E-state index contributed by atoms with van der Waals surface area (Å²) in [5.74, 6) is 0.659. The molecule has 0 spiro atoms. The van der Waals surface area contributed by atoms with Crippen LogP contribution in [-0.2, 0) is 13.6 Å². The molecule has 0 saturated carbocycles. The zero-order valence-electron chi connectivity index (χ0n) is 10.5. The van der Waals surface area contributed by atoms with E-state index < -0.39 is 0 Å². The first-order chi connectivity index (χ1) is 9.15. The van der Waals surface area contributed by atoms with Crippen molar-refractivity contribution in [2.45, 2.75) is 13.5 Å². The van der Waals surface area contributed by atoms with Crippen molar-refractivity contribution in [3.05, 3.63) is 28.9 Å². The quantitative estimate of drug-likeness (QED) is 0.711. The SMILES string of the molecule is Cc1c(CNc2nc(Cl)nc3[nH]ncc23)cnn1C. The Hall–Kier alpha value is -2.15. The minimum atomic E-state index is 0.183. The normalized spacial score (nSPS) is 11.1. The van der Waals surface area contributed by atoms with E-state index in [2.05, 4.69) is 30.6 Å². The van der Waals surface area contributed by atoms with E-state index in [4.69, 9.17) is 11.6 Å². The number of rotatable bonds is 3. The highest BCUT2D eigenvalue weighted by molar-refractivity contribution is 6.28. The number of anilines is 1. The molecule has 3 heterocycles. The van der Waals surface area contributed by atoms with Gasteiger partial charge < -0.3 is 5.32 Å². The summed E-state index contributed by atoms with van der Waals surface area (Å²) in [6.45, 7) is 2.64. The fraction of sp³-hybridized carbons (Fsp3) is 0.273. The molecule has 0 aliphatic heterocycles. The second-order valence-electron chi connectivity index (χ2n) is 4.21. The minimum Gasteiger partial charge on any atom is -0.365 e. The largest absolute Gasteiger partial charge is 0.365 e. The molecule has 2 N–H and O–H groups in total. The summed E-state index contributed by atoms with van der Waals surface area (Å²) in [5, 5.41) is 15.1. The van der Waals surface area contributed by atoms with Crippen LogP contribution in [-0.4, -0.2) is 29.9 Å². The Labute approximate surface area is 114 Å². The van der Waals surface area contributed by atoms with E-state index in [1.165, 1.54) is 0 Å². The van der Waals surface area contributed by atoms with Gasteiger partial charge in [0.1, 0.15) is 5.82 Å². The Bertz CT molecular complexity index is 730. The van der Waals surface area contributed by atoms with Crippen molar-refractivity contribution in [3.8, 4) is 0 Å².